The number of carbonyl (C=O) groups excluding carboxylic acids is 1. The summed E-state index contributed by atoms with van der Waals surface area (Å²) in [6.07, 6.45) is 9.74. The molecule has 1 amide bonds. The zero-order valence-electron chi connectivity index (χ0n) is 13.1. The molecular formula is C18H21N3O2. The van der Waals surface area contributed by atoms with E-state index in [4.69, 9.17) is 4.74 Å². The van der Waals surface area contributed by atoms with E-state index < -0.39 is 0 Å². The molecule has 5 nitrogen and oxygen atoms in total. The van der Waals surface area contributed by atoms with Gasteiger partial charge in [0.25, 0.3) is 5.91 Å². The van der Waals surface area contributed by atoms with E-state index in [0.717, 1.165) is 24.1 Å². The monoisotopic (exact) mass is 311 g/mol. The summed E-state index contributed by atoms with van der Waals surface area (Å²) >= 11 is 0. The lowest BCUT2D eigenvalue weighted by atomic mass is 10.1. The van der Waals surface area contributed by atoms with Crippen molar-refractivity contribution in [3.63, 3.8) is 0 Å². The molecule has 1 aliphatic rings. The van der Waals surface area contributed by atoms with Crippen molar-refractivity contribution in [2.45, 2.75) is 31.7 Å². The second kappa shape index (κ2) is 7.13. The third kappa shape index (κ3) is 3.80. The molecule has 3 rings (SSSR count). The van der Waals surface area contributed by atoms with Crippen molar-refractivity contribution in [2.75, 3.05) is 6.61 Å². The fourth-order valence-electron chi connectivity index (χ4n) is 2.87. The molecule has 0 aliphatic heterocycles. The van der Waals surface area contributed by atoms with Crippen LogP contribution in [0.4, 0.5) is 0 Å². The Morgan fingerprint density at radius 2 is 2.13 bits per heavy atom. The Hall–Kier alpha value is -2.56. The largest absolute Gasteiger partial charge is 0.483 e. The summed E-state index contributed by atoms with van der Waals surface area (Å²) in [6.45, 7) is 4.10. The zero-order valence-corrected chi connectivity index (χ0v) is 13.1. The first-order valence-electron chi connectivity index (χ1n) is 7.93. The molecule has 120 valence electrons. The minimum absolute atomic E-state index is 0.0186. The molecule has 1 N–H and O–H groups in total. The van der Waals surface area contributed by atoms with Crippen LogP contribution in [0.1, 0.15) is 31.2 Å². The van der Waals surface area contributed by atoms with Gasteiger partial charge in [0.15, 0.2) is 6.61 Å². The highest BCUT2D eigenvalue weighted by molar-refractivity contribution is 5.78. The van der Waals surface area contributed by atoms with Gasteiger partial charge in [-0.05, 0) is 25.0 Å². The number of rotatable bonds is 6. The zero-order chi connectivity index (χ0) is 16.1. The standard InChI is InChI=1S/C18H21N3O2/c1-14(21-11-10-19-13-21)16-8-4-5-9-17(16)23-12-18(22)20-15-6-2-3-7-15/h4-5,8-11,13,15H,1-3,6-7,12H2,(H,20,22). The van der Waals surface area contributed by atoms with E-state index in [1.165, 1.54) is 12.8 Å². The van der Waals surface area contributed by atoms with Crippen molar-refractivity contribution in [3.8, 4) is 5.75 Å². The van der Waals surface area contributed by atoms with E-state index >= 15 is 0 Å². The Morgan fingerprint density at radius 1 is 1.35 bits per heavy atom. The molecule has 23 heavy (non-hydrogen) atoms. The van der Waals surface area contributed by atoms with Gasteiger partial charge in [-0.25, -0.2) is 4.98 Å². The van der Waals surface area contributed by atoms with Crippen LogP contribution in [0.5, 0.6) is 5.75 Å². The number of para-hydroxylation sites is 1. The topological polar surface area (TPSA) is 56.1 Å². The Morgan fingerprint density at radius 3 is 2.87 bits per heavy atom. The third-order valence-electron chi connectivity index (χ3n) is 4.09. The fourth-order valence-corrected chi connectivity index (χ4v) is 2.87. The van der Waals surface area contributed by atoms with Crippen molar-refractivity contribution in [1.82, 2.24) is 14.9 Å². The van der Waals surface area contributed by atoms with Crippen molar-refractivity contribution in [2.24, 2.45) is 0 Å². The summed E-state index contributed by atoms with van der Waals surface area (Å²) in [5, 5.41) is 3.02. The molecule has 1 aliphatic carbocycles. The first-order chi connectivity index (χ1) is 11.2. The molecule has 1 fully saturated rings. The predicted octanol–water partition coefficient (Wildman–Crippen LogP) is 2.84. The van der Waals surface area contributed by atoms with Gasteiger partial charge in [0.1, 0.15) is 5.75 Å². The predicted molar refractivity (Wildman–Crippen MR) is 89.0 cm³/mol. The average Bonchev–Trinajstić information content (AvgIpc) is 3.26. The molecule has 2 aromatic rings. The molecule has 0 spiro atoms. The summed E-state index contributed by atoms with van der Waals surface area (Å²) < 4.78 is 7.54. The maximum atomic E-state index is 12.0. The lowest BCUT2D eigenvalue weighted by molar-refractivity contribution is -0.123. The average molecular weight is 311 g/mol. The SMILES string of the molecule is C=C(c1ccccc1OCC(=O)NC1CCCC1)n1ccnc1. The van der Waals surface area contributed by atoms with Crippen LogP contribution in [-0.2, 0) is 4.79 Å². The van der Waals surface area contributed by atoms with Gasteiger partial charge < -0.3 is 14.6 Å². The lowest BCUT2D eigenvalue weighted by Gasteiger charge is -2.15. The van der Waals surface area contributed by atoms with Crippen LogP contribution < -0.4 is 10.1 Å². The fraction of sp³-hybridized carbons (Fsp3) is 0.333. The summed E-state index contributed by atoms with van der Waals surface area (Å²) in [6, 6.07) is 7.88. The summed E-state index contributed by atoms with van der Waals surface area (Å²) in [5.74, 6) is 0.577. The molecule has 0 atom stereocenters. The normalized spacial score (nSPS) is 14.6. The number of hydrogen-bond acceptors (Lipinski definition) is 3. The van der Waals surface area contributed by atoms with Gasteiger partial charge in [0.2, 0.25) is 0 Å². The van der Waals surface area contributed by atoms with Crippen LogP contribution in [0.25, 0.3) is 5.70 Å². The maximum Gasteiger partial charge on any atom is 0.258 e. The number of hydrogen-bond donors (Lipinski definition) is 1. The number of nitrogens with zero attached hydrogens (tertiary/aromatic N) is 2. The number of aromatic nitrogens is 2. The summed E-state index contributed by atoms with van der Waals surface area (Å²) in [7, 11) is 0. The van der Waals surface area contributed by atoms with E-state index in [2.05, 4.69) is 16.9 Å². The van der Waals surface area contributed by atoms with Crippen LogP contribution in [0, 0.1) is 0 Å². The van der Waals surface area contributed by atoms with Gasteiger partial charge in [-0.3, -0.25) is 4.79 Å². The van der Waals surface area contributed by atoms with Gasteiger partial charge >= 0.3 is 0 Å². The highest BCUT2D eigenvalue weighted by atomic mass is 16.5. The second-order valence-electron chi connectivity index (χ2n) is 5.75. The van der Waals surface area contributed by atoms with Crippen molar-refractivity contribution in [3.05, 3.63) is 55.1 Å². The molecule has 0 saturated heterocycles. The number of ether oxygens (including phenoxy) is 1. The van der Waals surface area contributed by atoms with Crippen molar-refractivity contribution < 1.29 is 9.53 Å². The third-order valence-corrected chi connectivity index (χ3v) is 4.09. The van der Waals surface area contributed by atoms with Gasteiger partial charge in [0.05, 0.1) is 12.0 Å². The van der Waals surface area contributed by atoms with Crippen LogP contribution in [0.15, 0.2) is 49.6 Å². The molecule has 1 aromatic heterocycles. The van der Waals surface area contributed by atoms with Crippen molar-refractivity contribution >= 4 is 11.6 Å². The van der Waals surface area contributed by atoms with Crippen LogP contribution in [0.2, 0.25) is 0 Å². The van der Waals surface area contributed by atoms with Crippen molar-refractivity contribution in [1.29, 1.82) is 0 Å². The number of amides is 1. The quantitative estimate of drug-likeness (QED) is 0.892. The van der Waals surface area contributed by atoms with Crippen LogP contribution in [0.3, 0.4) is 0 Å². The van der Waals surface area contributed by atoms with E-state index in [9.17, 15) is 4.79 Å². The molecule has 5 heteroatoms. The van der Waals surface area contributed by atoms with Gasteiger partial charge in [-0.15, -0.1) is 0 Å². The highest BCUT2D eigenvalue weighted by Crippen LogP contribution is 2.26. The van der Waals surface area contributed by atoms with Gasteiger partial charge in [-0.2, -0.15) is 0 Å². The molecule has 0 bridgehead atoms. The van der Waals surface area contributed by atoms with E-state index in [1.54, 1.807) is 12.5 Å². The van der Waals surface area contributed by atoms with Crippen LogP contribution >= 0.6 is 0 Å². The molecule has 0 radical (unpaired) electrons. The minimum Gasteiger partial charge on any atom is -0.483 e. The Kier molecular flexibility index (Phi) is 4.76. The highest BCUT2D eigenvalue weighted by Gasteiger charge is 2.17. The molecule has 1 heterocycles. The summed E-state index contributed by atoms with van der Waals surface area (Å²) in [5.41, 5.74) is 1.61. The Bertz CT molecular complexity index is 673. The first kappa shape index (κ1) is 15.3. The number of nitrogens with one attached hydrogen (secondary N) is 1. The Balaban J connectivity index is 1.63. The number of benzene rings is 1. The molecule has 1 saturated carbocycles. The molecular weight excluding hydrogens is 290 g/mol. The number of imidazole rings is 1. The van der Waals surface area contributed by atoms with E-state index in [-0.39, 0.29) is 12.5 Å². The summed E-state index contributed by atoms with van der Waals surface area (Å²) in [4.78, 5) is 16.0. The maximum absolute atomic E-state index is 12.0. The lowest BCUT2D eigenvalue weighted by Crippen LogP contribution is -2.36. The molecule has 0 unspecified atom stereocenters. The minimum atomic E-state index is -0.0695. The smallest absolute Gasteiger partial charge is 0.258 e. The van der Waals surface area contributed by atoms with Crippen LogP contribution in [-0.4, -0.2) is 28.1 Å². The number of carbonyl (C=O) groups is 1. The second-order valence-corrected chi connectivity index (χ2v) is 5.75. The Labute approximate surface area is 136 Å². The van der Waals surface area contributed by atoms with E-state index in [0.29, 0.717) is 11.8 Å². The van der Waals surface area contributed by atoms with E-state index in [1.807, 2.05) is 35.0 Å². The first-order valence-corrected chi connectivity index (χ1v) is 7.93. The van der Waals surface area contributed by atoms with Gasteiger partial charge in [-0.1, -0.05) is 31.6 Å². The molecule has 1 aromatic carbocycles. The van der Waals surface area contributed by atoms with Gasteiger partial charge in [0, 0.05) is 24.0 Å².